The molecule has 4 nitrogen and oxygen atoms in total. The van der Waals surface area contributed by atoms with E-state index in [1.807, 2.05) is 30.0 Å². The fraction of sp³-hybridized carbons (Fsp3) is 0.588. The molecule has 0 aliphatic carbocycles. The van der Waals surface area contributed by atoms with E-state index >= 15 is 0 Å². The van der Waals surface area contributed by atoms with Crippen LogP contribution in [-0.4, -0.2) is 48.4 Å². The average Bonchev–Trinajstić information content (AvgIpc) is 2.49. The molecule has 1 aromatic carbocycles. The largest absolute Gasteiger partial charge is 0.399 e. The van der Waals surface area contributed by atoms with E-state index in [-0.39, 0.29) is 18.3 Å². The van der Waals surface area contributed by atoms with E-state index in [9.17, 15) is 4.79 Å². The third kappa shape index (κ3) is 3.23. The Bertz CT molecular complexity index is 549. The summed E-state index contributed by atoms with van der Waals surface area (Å²) in [5.41, 5.74) is 8.28. The zero-order valence-corrected chi connectivity index (χ0v) is 14.2. The molecule has 2 fully saturated rings. The number of benzene rings is 1. The third-order valence-electron chi connectivity index (χ3n) is 5.12. The van der Waals surface area contributed by atoms with Gasteiger partial charge in [-0.25, -0.2) is 0 Å². The molecule has 2 aliphatic rings. The summed E-state index contributed by atoms with van der Waals surface area (Å²) >= 11 is 0. The second kappa shape index (κ2) is 6.88. The van der Waals surface area contributed by atoms with E-state index < -0.39 is 0 Å². The van der Waals surface area contributed by atoms with E-state index in [4.69, 9.17) is 5.73 Å². The SMILES string of the molecule is Cc1ccc(N)cc1C(=O)N1CCC2C(CCCN2C)C1.Cl. The molecular weight excluding hydrogens is 298 g/mol. The van der Waals surface area contributed by atoms with Crippen LogP contribution in [0.2, 0.25) is 0 Å². The van der Waals surface area contributed by atoms with Crippen molar-refractivity contribution in [2.45, 2.75) is 32.2 Å². The van der Waals surface area contributed by atoms with Gasteiger partial charge in [0, 0.05) is 30.4 Å². The maximum Gasteiger partial charge on any atom is 0.254 e. The Labute approximate surface area is 139 Å². The number of piperidine rings is 2. The monoisotopic (exact) mass is 323 g/mol. The van der Waals surface area contributed by atoms with Crippen LogP contribution in [0, 0.1) is 12.8 Å². The van der Waals surface area contributed by atoms with Crippen molar-refractivity contribution in [1.29, 1.82) is 0 Å². The van der Waals surface area contributed by atoms with Gasteiger partial charge in [0.25, 0.3) is 5.91 Å². The predicted octanol–water partition coefficient (Wildman–Crippen LogP) is 2.56. The Morgan fingerprint density at radius 2 is 2.05 bits per heavy atom. The minimum absolute atomic E-state index is 0. The van der Waals surface area contributed by atoms with E-state index in [2.05, 4.69) is 11.9 Å². The van der Waals surface area contributed by atoms with E-state index in [0.717, 1.165) is 30.6 Å². The van der Waals surface area contributed by atoms with Crippen molar-refractivity contribution in [2.24, 2.45) is 5.92 Å². The standard InChI is InChI=1S/C17H25N3O.ClH/c1-12-5-6-14(18)10-15(12)17(21)20-9-7-16-13(11-20)4-3-8-19(16)2;/h5-6,10,13,16H,3-4,7-9,11,18H2,1-2H3;1H. The summed E-state index contributed by atoms with van der Waals surface area (Å²) in [4.78, 5) is 17.3. The zero-order valence-electron chi connectivity index (χ0n) is 13.4. The fourth-order valence-electron chi connectivity index (χ4n) is 3.88. The van der Waals surface area contributed by atoms with Crippen LogP contribution in [0.3, 0.4) is 0 Å². The number of aryl methyl sites for hydroxylation is 1. The molecule has 122 valence electrons. The van der Waals surface area contributed by atoms with Gasteiger partial charge < -0.3 is 15.5 Å². The Morgan fingerprint density at radius 3 is 2.82 bits per heavy atom. The van der Waals surface area contributed by atoms with Crippen LogP contribution in [0.25, 0.3) is 0 Å². The molecule has 1 amide bonds. The molecule has 2 heterocycles. The molecule has 0 spiro atoms. The van der Waals surface area contributed by atoms with Crippen LogP contribution >= 0.6 is 12.4 Å². The minimum atomic E-state index is 0. The molecule has 3 rings (SSSR count). The van der Waals surface area contributed by atoms with Crippen molar-refractivity contribution in [3.63, 3.8) is 0 Å². The van der Waals surface area contributed by atoms with Crippen LogP contribution in [0.1, 0.15) is 35.2 Å². The Morgan fingerprint density at radius 1 is 1.27 bits per heavy atom. The molecule has 0 aromatic heterocycles. The molecule has 5 heteroatoms. The molecule has 0 radical (unpaired) electrons. The van der Waals surface area contributed by atoms with Crippen LogP contribution in [0.15, 0.2) is 18.2 Å². The smallest absolute Gasteiger partial charge is 0.254 e. The van der Waals surface area contributed by atoms with Gasteiger partial charge in [-0.05, 0) is 63.4 Å². The van der Waals surface area contributed by atoms with E-state index in [1.54, 1.807) is 0 Å². The molecule has 22 heavy (non-hydrogen) atoms. The second-order valence-corrected chi connectivity index (χ2v) is 6.56. The Hall–Kier alpha value is -1.26. The van der Waals surface area contributed by atoms with Gasteiger partial charge in [0.1, 0.15) is 0 Å². The summed E-state index contributed by atoms with van der Waals surface area (Å²) in [6.45, 7) is 4.93. The number of hydrogen-bond acceptors (Lipinski definition) is 3. The minimum Gasteiger partial charge on any atom is -0.399 e. The van der Waals surface area contributed by atoms with E-state index in [0.29, 0.717) is 17.6 Å². The first-order valence-corrected chi connectivity index (χ1v) is 7.92. The number of amides is 1. The van der Waals surface area contributed by atoms with Gasteiger partial charge in [-0.15, -0.1) is 12.4 Å². The number of halogens is 1. The number of nitrogen functional groups attached to an aromatic ring is 1. The molecule has 0 bridgehead atoms. The van der Waals surface area contributed by atoms with Crippen LogP contribution in [-0.2, 0) is 0 Å². The number of nitrogens with zero attached hydrogens (tertiary/aromatic N) is 2. The summed E-state index contributed by atoms with van der Waals surface area (Å²) in [6.07, 6.45) is 3.58. The topological polar surface area (TPSA) is 49.6 Å². The Balaban J connectivity index is 0.00000176. The lowest BCUT2D eigenvalue weighted by Gasteiger charge is -2.46. The van der Waals surface area contributed by atoms with Crippen molar-refractivity contribution in [1.82, 2.24) is 9.80 Å². The second-order valence-electron chi connectivity index (χ2n) is 6.56. The maximum atomic E-state index is 12.8. The molecule has 2 aliphatic heterocycles. The van der Waals surface area contributed by atoms with Gasteiger partial charge in [-0.3, -0.25) is 4.79 Å². The summed E-state index contributed by atoms with van der Waals surface area (Å²) in [5, 5.41) is 0. The number of anilines is 1. The van der Waals surface area contributed by atoms with Crippen molar-refractivity contribution >= 4 is 24.0 Å². The molecule has 2 saturated heterocycles. The summed E-state index contributed by atoms with van der Waals surface area (Å²) < 4.78 is 0. The highest BCUT2D eigenvalue weighted by Gasteiger charge is 2.36. The van der Waals surface area contributed by atoms with Gasteiger partial charge >= 0.3 is 0 Å². The van der Waals surface area contributed by atoms with Gasteiger partial charge in [-0.2, -0.15) is 0 Å². The maximum absolute atomic E-state index is 12.8. The number of carbonyl (C=O) groups is 1. The van der Waals surface area contributed by atoms with E-state index in [1.165, 1.54) is 19.4 Å². The molecule has 2 N–H and O–H groups in total. The average molecular weight is 324 g/mol. The molecule has 1 aromatic rings. The van der Waals surface area contributed by atoms with Crippen molar-refractivity contribution in [3.05, 3.63) is 29.3 Å². The highest BCUT2D eigenvalue weighted by Crippen LogP contribution is 2.30. The summed E-state index contributed by atoms with van der Waals surface area (Å²) in [5.74, 6) is 0.772. The number of hydrogen-bond donors (Lipinski definition) is 1. The van der Waals surface area contributed by atoms with Crippen molar-refractivity contribution in [3.8, 4) is 0 Å². The highest BCUT2D eigenvalue weighted by molar-refractivity contribution is 5.96. The third-order valence-corrected chi connectivity index (χ3v) is 5.12. The zero-order chi connectivity index (χ0) is 15.0. The molecule has 2 unspecified atom stereocenters. The van der Waals surface area contributed by atoms with Gasteiger partial charge in [0.05, 0.1) is 0 Å². The first-order valence-electron chi connectivity index (χ1n) is 7.92. The lowest BCUT2D eigenvalue weighted by molar-refractivity contribution is 0.0316. The normalized spacial score (nSPS) is 25.3. The molecular formula is C17H26ClN3O. The number of fused-ring (bicyclic) bond motifs is 1. The number of nitrogens with two attached hydrogens (primary N) is 1. The first-order chi connectivity index (χ1) is 10.1. The van der Waals surface area contributed by atoms with Gasteiger partial charge in [-0.1, -0.05) is 6.07 Å². The summed E-state index contributed by atoms with van der Waals surface area (Å²) in [7, 11) is 2.22. The molecule has 0 saturated carbocycles. The fourth-order valence-corrected chi connectivity index (χ4v) is 3.88. The van der Waals surface area contributed by atoms with Gasteiger partial charge in [0.2, 0.25) is 0 Å². The van der Waals surface area contributed by atoms with Crippen molar-refractivity contribution in [2.75, 3.05) is 32.4 Å². The summed E-state index contributed by atoms with van der Waals surface area (Å²) in [6, 6.07) is 6.26. The highest BCUT2D eigenvalue weighted by atomic mass is 35.5. The lowest BCUT2D eigenvalue weighted by Crippen LogP contribution is -2.54. The van der Waals surface area contributed by atoms with Gasteiger partial charge in [0.15, 0.2) is 0 Å². The van der Waals surface area contributed by atoms with Crippen molar-refractivity contribution < 1.29 is 4.79 Å². The Kier molecular flexibility index (Phi) is 5.35. The van der Waals surface area contributed by atoms with Crippen LogP contribution in [0.5, 0.6) is 0 Å². The predicted molar refractivity (Wildman–Crippen MR) is 92.5 cm³/mol. The number of rotatable bonds is 1. The van der Waals surface area contributed by atoms with Crippen LogP contribution in [0.4, 0.5) is 5.69 Å². The molecule has 2 atom stereocenters. The van der Waals surface area contributed by atoms with Crippen LogP contribution < -0.4 is 5.73 Å². The number of likely N-dealkylation sites (tertiary alicyclic amines) is 2. The number of carbonyl (C=O) groups excluding carboxylic acids is 1. The quantitative estimate of drug-likeness (QED) is 0.808. The lowest BCUT2D eigenvalue weighted by atomic mass is 9.84. The first kappa shape index (κ1) is 17.1.